The maximum atomic E-state index is 12.5. The molecule has 2 N–H and O–H groups in total. The zero-order valence-electron chi connectivity index (χ0n) is 14.2. The summed E-state index contributed by atoms with van der Waals surface area (Å²) in [7, 11) is 3.20. The Kier molecular flexibility index (Phi) is 5.26. The fourth-order valence-electron chi connectivity index (χ4n) is 2.55. The molecule has 2 amide bonds. The summed E-state index contributed by atoms with van der Waals surface area (Å²) in [6, 6.07) is 1.15. The fraction of sp³-hybridized carbons (Fsp3) is 0.400. The highest BCUT2D eigenvalue weighted by Gasteiger charge is 2.35. The molecule has 138 valence electrons. The van der Waals surface area contributed by atoms with Crippen LogP contribution >= 0.6 is 11.8 Å². The lowest BCUT2D eigenvalue weighted by atomic mass is 10.3. The largest absolute Gasteiger partial charge is 0.499 e. The Morgan fingerprint density at radius 3 is 3.12 bits per heavy atom. The topological polar surface area (TPSA) is 121 Å². The third-order valence-corrected chi connectivity index (χ3v) is 4.98. The number of oxime groups is 1. The molecule has 0 unspecified atom stereocenters. The van der Waals surface area contributed by atoms with Gasteiger partial charge in [-0.15, -0.1) is 11.8 Å². The second-order valence-electron chi connectivity index (χ2n) is 5.60. The van der Waals surface area contributed by atoms with E-state index < -0.39 is 6.04 Å². The Bertz CT molecular complexity index is 815. The summed E-state index contributed by atoms with van der Waals surface area (Å²) in [5, 5.41) is 19.7. The highest BCUT2D eigenvalue weighted by Crippen LogP contribution is 2.22. The first kappa shape index (κ1) is 18.0. The van der Waals surface area contributed by atoms with Gasteiger partial charge in [0, 0.05) is 24.9 Å². The average molecular weight is 378 g/mol. The SMILES string of the molecule is COC1=CC(=O)N(C(=O)[C@H]2CSC(CNc3cc(/C=N/O)n(C)n3)=N2)C1. The molecular formula is C15H18N6O4S. The molecule has 2 aliphatic heterocycles. The van der Waals surface area contributed by atoms with Crippen molar-refractivity contribution in [2.45, 2.75) is 6.04 Å². The minimum Gasteiger partial charge on any atom is -0.499 e. The molecule has 26 heavy (non-hydrogen) atoms. The predicted octanol–water partition coefficient (Wildman–Crippen LogP) is 0.0531. The molecule has 1 atom stereocenters. The van der Waals surface area contributed by atoms with E-state index in [0.29, 0.717) is 29.6 Å². The van der Waals surface area contributed by atoms with Gasteiger partial charge in [-0.3, -0.25) is 24.2 Å². The van der Waals surface area contributed by atoms with Crippen molar-refractivity contribution in [3.63, 3.8) is 0 Å². The molecule has 0 radical (unpaired) electrons. The van der Waals surface area contributed by atoms with Crippen LogP contribution in [-0.2, 0) is 21.4 Å². The number of anilines is 1. The smallest absolute Gasteiger partial charge is 0.257 e. The maximum Gasteiger partial charge on any atom is 0.257 e. The first-order valence-electron chi connectivity index (χ1n) is 7.76. The van der Waals surface area contributed by atoms with Crippen LogP contribution in [0.15, 0.2) is 28.0 Å². The zero-order valence-corrected chi connectivity index (χ0v) is 15.1. The van der Waals surface area contributed by atoms with E-state index in [1.807, 2.05) is 0 Å². The molecule has 3 rings (SSSR count). The van der Waals surface area contributed by atoms with E-state index in [-0.39, 0.29) is 18.4 Å². The highest BCUT2D eigenvalue weighted by atomic mass is 32.2. The number of aromatic nitrogens is 2. The van der Waals surface area contributed by atoms with Crippen molar-refractivity contribution in [2.24, 2.45) is 17.2 Å². The molecule has 1 aromatic rings. The molecule has 11 heteroatoms. The lowest BCUT2D eigenvalue weighted by Gasteiger charge is -2.16. The number of methoxy groups -OCH3 is 1. The summed E-state index contributed by atoms with van der Waals surface area (Å²) in [6.45, 7) is 0.568. The average Bonchev–Trinajstić information content (AvgIpc) is 3.32. The summed E-state index contributed by atoms with van der Waals surface area (Å²) in [6.07, 6.45) is 2.60. The van der Waals surface area contributed by atoms with E-state index in [9.17, 15) is 9.59 Å². The van der Waals surface area contributed by atoms with E-state index in [1.54, 1.807) is 17.8 Å². The van der Waals surface area contributed by atoms with Crippen LogP contribution in [0.5, 0.6) is 0 Å². The molecule has 0 aromatic carbocycles. The Morgan fingerprint density at radius 2 is 2.42 bits per heavy atom. The van der Waals surface area contributed by atoms with Crippen LogP contribution in [0, 0.1) is 0 Å². The molecule has 1 aromatic heterocycles. The van der Waals surface area contributed by atoms with E-state index in [2.05, 4.69) is 20.6 Å². The number of rotatable bonds is 6. The number of amides is 2. The van der Waals surface area contributed by atoms with E-state index in [4.69, 9.17) is 9.94 Å². The van der Waals surface area contributed by atoms with Gasteiger partial charge < -0.3 is 15.3 Å². The minimum atomic E-state index is -0.578. The van der Waals surface area contributed by atoms with E-state index in [1.165, 1.54) is 31.2 Å². The number of carbonyl (C=O) groups is 2. The standard InChI is InChI=1S/C15H18N6O4S/c1-20-9(5-17-24)3-12(19-20)16-6-13-18-11(8-26-13)15(23)21-7-10(25-2)4-14(21)22/h3-5,11,24H,6-8H2,1-2H3,(H,16,19)/b17-5+/t11-/m1/s1. The van der Waals surface area contributed by atoms with Gasteiger partial charge in [0.2, 0.25) is 0 Å². The van der Waals surface area contributed by atoms with Crippen LogP contribution in [0.2, 0.25) is 0 Å². The third kappa shape index (κ3) is 3.72. The number of nitrogens with one attached hydrogen (secondary N) is 1. The number of ether oxygens (including phenoxy) is 1. The van der Waals surface area contributed by atoms with Gasteiger partial charge in [0.05, 0.1) is 37.2 Å². The normalized spacial score (nSPS) is 19.8. The summed E-state index contributed by atoms with van der Waals surface area (Å²) in [5.41, 5.74) is 0.637. The van der Waals surface area contributed by atoms with Gasteiger partial charge in [-0.05, 0) is 0 Å². The third-order valence-electron chi connectivity index (χ3n) is 3.91. The van der Waals surface area contributed by atoms with Crippen molar-refractivity contribution >= 4 is 40.7 Å². The van der Waals surface area contributed by atoms with Gasteiger partial charge in [-0.25, -0.2) is 0 Å². The predicted molar refractivity (Wildman–Crippen MR) is 96.6 cm³/mol. The quantitative estimate of drug-likeness (QED) is 0.310. The Labute approximate surface area is 153 Å². The molecule has 10 nitrogen and oxygen atoms in total. The summed E-state index contributed by atoms with van der Waals surface area (Å²) in [5.74, 6) is 0.874. The number of aliphatic imine (C=N–C) groups is 1. The van der Waals surface area contributed by atoms with Gasteiger partial charge in [0.15, 0.2) is 0 Å². The zero-order chi connectivity index (χ0) is 18.7. The molecule has 0 saturated heterocycles. The van der Waals surface area contributed by atoms with Gasteiger partial charge in [-0.2, -0.15) is 5.10 Å². The number of aryl methyl sites for hydroxylation is 1. The lowest BCUT2D eigenvalue weighted by Crippen LogP contribution is -2.40. The number of imide groups is 1. The van der Waals surface area contributed by atoms with Gasteiger partial charge >= 0.3 is 0 Å². The second kappa shape index (κ2) is 7.60. The number of hydrogen-bond donors (Lipinski definition) is 2. The van der Waals surface area contributed by atoms with Gasteiger partial charge in [0.1, 0.15) is 17.6 Å². The summed E-state index contributed by atoms with van der Waals surface area (Å²) in [4.78, 5) is 29.9. The first-order chi connectivity index (χ1) is 12.5. The molecular weight excluding hydrogens is 360 g/mol. The Hall–Kier alpha value is -2.82. The molecule has 0 bridgehead atoms. The van der Waals surface area contributed by atoms with Crippen LogP contribution in [0.1, 0.15) is 5.69 Å². The monoisotopic (exact) mass is 378 g/mol. The molecule has 0 fully saturated rings. The van der Waals surface area contributed by atoms with E-state index in [0.717, 1.165) is 9.94 Å². The van der Waals surface area contributed by atoms with E-state index >= 15 is 0 Å². The lowest BCUT2D eigenvalue weighted by molar-refractivity contribution is -0.141. The Morgan fingerprint density at radius 1 is 1.62 bits per heavy atom. The number of hydrogen-bond acceptors (Lipinski definition) is 9. The van der Waals surface area contributed by atoms with Crippen LogP contribution in [0.4, 0.5) is 5.82 Å². The number of thioether (sulfide) groups is 1. The van der Waals surface area contributed by atoms with Crippen LogP contribution in [0.3, 0.4) is 0 Å². The number of nitrogens with zero attached hydrogens (tertiary/aromatic N) is 5. The minimum absolute atomic E-state index is 0.154. The maximum absolute atomic E-state index is 12.5. The fourth-order valence-corrected chi connectivity index (χ4v) is 3.49. The Balaban J connectivity index is 1.57. The van der Waals surface area contributed by atoms with Crippen molar-refractivity contribution in [2.75, 3.05) is 31.3 Å². The van der Waals surface area contributed by atoms with Crippen LogP contribution in [-0.4, -0.2) is 75.0 Å². The summed E-state index contributed by atoms with van der Waals surface area (Å²) >= 11 is 1.47. The molecule has 0 spiro atoms. The number of carbonyl (C=O) groups excluding carboxylic acids is 2. The molecule has 2 aliphatic rings. The van der Waals surface area contributed by atoms with Crippen LogP contribution < -0.4 is 5.32 Å². The van der Waals surface area contributed by atoms with Crippen molar-refractivity contribution in [3.8, 4) is 0 Å². The highest BCUT2D eigenvalue weighted by molar-refractivity contribution is 8.14. The van der Waals surface area contributed by atoms with Gasteiger partial charge in [0.25, 0.3) is 11.8 Å². The van der Waals surface area contributed by atoms with Crippen molar-refractivity contribution < 1.29 is 19.5 Å². The van der Waals surface area contributed by atoms with Crippen molar-refractivity contribution in [3.05, 3.63) is 23.6 Å². The van der Waals surface area contributed by atoms with Crippen molar-refractivity contribution in [1.82, 2.24) is 14.7 Å². The molecule has 0 aliphatic carbocycles. The molecule has 3 heterocycles. The first-order valence-corrected chi connectivity index (χ1v) is 8.75. The summed E-state index contributed by atoms with van der Waals surface area (Å²) < 4.78 is 6.59. The van der Waals surface area contributed by atoms with Crippen LogP contribution in [0.25, 0.3) is 0 Å². The molecule has 0 saturated carbocycles. The van der Waals surface area contributed by atoms with Crippen molar-refractivity contribution in [1.29, 1.82) is 0 Å². The van der Waals surface area contributed by atoms with Gasteiger partial charge in [-0.1, -0.05) is 5.16 Å². The second-order valence-corrected chi connectivity index (χ2v) is 6.70.